The SMILES string of the molecule is CCCCC1(c2ccccc2NS(=O)(=O)c2ccc(C)cc2)OC(OC)C2=C1CCCC2. The molecule has 2 atom stereocenters. The Kier molecular flexibility index (Phi) is 6.75. The van der Waals surface area contributed by atoms with Gasteiger partial charge in [-0.15, -0.1) is 0 Å². The summed E-state index contributed by atoms with van der Waals surface area (Å²) in [7, 11) is -2.04. The lowest BCUT2D eigenvalue weighted by atomic mass is 9.76. The van der Waals surface area contributed by atoms with Crippen LogP contribution < -0.4 is 4.72 Å². The van der Waals surface area contributed by atoms with Gasteiger partial charge in [-0.3, -0.25) is 4.72 Å². The first-order valence-electron chi connectivity index (χ1n) is 11.5. The molecule has 0 saturated heterocycles. The topological polar surface area (TPSA) is 64.6 Å². The molecule has 2 aromatic carbocycles. The molecule has 0 saturated carbocycles. The van der Waals surface area contributed by atoms with Gasteiger partial charge in [0.2, 0.25) is 0 Å². The van der Waals surface area contributed by atoms with E-state index in [0.717, 1.165) is 56.1 Å². The minimum absolute atomic E-state index is 0.250. The van der Waals surface area contributed by atoms with Crippen LogP contribution in [-0.2, 0) is 25.1 Å². The number of hydrogen-bond donors (Lipinski definition) is 1. The molecule has 2 aliphatic rings. The smallest absolute Gasteiger partial charge is 0.261 e. The third-order valence-corrected chi connectivity index (χ3v) is 8.01. The normalized spacial score (nSPS) is 23.3. The number of methoxy groups -OCH3 is 1. The minimum Gasteiger partial charge on any atom is -0.352 e. The Hall–Kier alpha value is -2.15. The highest BCUT2D eigenvalue weighted by Crippen LogP contribution is 2.53. The monoisotopic (exact) mass is 455 g/mol. The average Bonchev–Trinajstić information content (AvgIpc) is 3.13. The molecule has 2 unspecified atom stereocenters. The fourth-order valence-corrected chi connectivity index (χ4v) is 6.09. The predicted octanol–water partition coefficient (Wildman–Crippen LogP) is 6.05. The van der Waals surface area contributed by atoms with Crippen molar-refractivity contribution in [2.24, 2.45) is 0 Å². The van der Waals surface area contributed by atoms with Crippen molar-refractivity contribution in [3.05, 3.63) is 70.8 Å². The van der Waals surface area contributed by atoms with Crippen LogP contribution in [0, 0.1) is 6.92 Å². The molecule has 0 spiro atoms. The second kappa shape index (κ2) is 9.38. The Labute approximate surface area is 191 Å². The summed E-state index contributed by atoms with van der Waals surface area (Å²) in [5.41, 5.74) is 4.32. The number of rotatable bonds is 8. The molecule has 0 fully saturated rings. The summed E-state index contributed by atoms with van der Waals surface area (Å²) in [5, 5.41) is 0. The third-order valence-electron chi connectivity index (χ3n) is 6.62. The van der Waals surface area contributed by atoms with E-state index in [1.807, 2.05) is 43.3 Å². The fourth-order valence-electron chi connectivity index (χ4n) is 5.01. The number of anilines is 1. The highest BCUT2D eigenvalue weighted by molar-refractivity contribution is 7.92. The maximum absolute atomic E-state index is 13.2. The van der Waals surface area contributed by atoms with Gasteiger partial charge >= 0.3 is 0 Å². The van der Waals surface area contributed by atoms with Crippen molar-refractivity contribution in [1.29, 1.82) is 0 Å². The number of hydrogen-bond acceptors (Lipinski definition) is 4. The molecule has 1 N–H and O–H groups in total. The summed E-state index contributed by atoms with van der Waals surface area (Å²) < 4.78 is 41.7. The molecule has 0 aromatic heterocycles. The van der Waals surface area contributed by atoms with E-state index in [-0.39, 0.29) is 11.2 Å². The minimum atomic E-state index is -3.73. The van der Waals surface area contributed by atoms with E-state index >= 15 is 0 Å². The molecule has 1 heterocycles. The van der Waals surface area contributed by atoms with Crippen molar-refractivity contribution < 1.29 is 17.9 Å². The van der Waals surface area contributed by atoms with E-state index in [2.05, 4.69) is 11.6 Å². The van der Waals surface area contributed by atoms with Crippen LogP contribution >= 0.6 is 0 Å². The quantitative estimate of drug-likeness (QED) is 0.492. The zero-order valence-corrected chi connectivity index (χ0v) is 20.0. The second-order valence-corrected chi connectivity index (χ2v) is 10.5. The Morgan fingerprint density at radius 2 is 1.81 bits per heavy atom. The molecule has 5 nitrogen and oxygen atoms in total. The molecule has 32 heavy (non-hydrogen) atoms. The first-order valence-corrected chi connectivity index (χ1v) is 13.0. The molecular weight excluding hydrogens is 422 g/mol. The summed E-state index contributed by atoms with van der Waals surface area (Å²) in [6.45, 7) is 4.11. The number of para-hydroxylation sites is 1. The molecule has 1 aliphatic carbocycles. The van der Waals surface area contributed by atoms with Crippen LogP contribution in [0.15, 0.2) is 64.6 Å². The van der Waals surface area contributed by atoms with Gasteiger partial charge < -0.3 is 9.47 Å². The van der Waals surface area contributed by atoms with E-state index in [1.165, 1.54) is 11.1 Å². The van der Waals surface area contributed by atoms with Crippen LogP contribution in [-0.4, -0.2) is 21.8 Å². The zero-order chi connectivity index (χ0) is 22.8. The van der Waals surface area contributed by atoms with Crippen LogP contribution in [0.3, 0.4) is 0 Å². The van der Waals surface area contributed by atoms with Gasteiger partial charge in [0.25, 0.3) is 10.0 Å². The standard InChI is InChI=1S/C26H33NO4S/c1-4-5-18-26(22-11-7-6-10-21(22)25(30-3)31-26)23-12-8-9-13-24(23)27-32(28,29)20-16-14-19(2)15-17-20/h8-9,12-17,25,27H,4-7,10-11,18H2,1-3H3. The van der Waals surface area contributed by atoms with E-state index < -0.39 is 15.6 Å². The Bertz CT molecular complexity index is 1090. The number of aryl methyl sites for hydroxylation is 1. The third kappa shape index (κ3) is 4.24. The first-order chi connectivity index (χ1) is 15.4. The molecule has 0 bridgehead atoms. The molecule has 1 aliphatic heterocycles. The van der Waals surface area contributed by atoms with Gasteiger partial charge in [0.1, 0.15) is 5.60 Å². The lowest BCUT2D eigenvalue weighted by molar-refractivity contribution is -0.154. The summed E-state index contributed by atoms with van der Waals surface area (Å²) in [6.07, 6.45) is 6.61. The maximum atomic E-state index is 13.2. The lowest BCUT2D eigenvalue weighted by Crippen LogP contribution is -2.32. The first kappa shape index (κ1) is 23.0. The predicted molar refractivity (Wildman–Crippen MR) is 127 cm³/mol. The number of benzene rings is 2. The van der Waals surface area contributed by atoms with E-state index in [0.29, 0.717) is 5.69 Å². The van der Waals surface area contributed by atoms with Crippen LogP contribution in [0.2, 0.25) is 0 Å². The van der Waals surface area contributed by atoms with Gasteiger partial charge in [0.05, 0.1) is 10.6 Å². The van der Waals surface area contributed by atoms with E-state index in [4.69, 9.17) is 9.47 Å². The summed E-state index contributed by atoms with van der Waals surface area (Å²) in [6, 6.07) is 14.6. The number of nitrogens with one attached hydrogen (secondary N) is 1. The van der Waals surface area contributed by atoms with Gasteiger partial charge in [-0.05, 0) is 68.4 Å². The van der Waals surface area contributed by atoms with Crippen molar-refractivity contribution in [3.63, 3.8) is 0 Å². The van der Waals surface area contributed by atoms with Crippen LogP contribution in [0.4, 0.5) is 5.69 Å². The van der Waals surface area contributed by atoms with Crippen molar-refractivity contribution in [1.82, 2.24) is 0 Å². The van der Waals surface area contributed by atoms with Crippen LogP contribution in [0.5, 0.6) is 0 Å². The van der Waals surface area contributed by atoms with Gasteiger partial charge in [-0.2, -0.15) is 0 Å². The molecule has 0 radical (unpaired) electrons. The van der Waals surface area contributed by atoms with E-state index in [9.17, 15) is 8.42 Å². The van der Waals surface area contributed by atoms with Crippen molar-refractivity contribution in [2.45, 2.75) is 75.6 Å². The maximum Gasteiger partial charge on any atom is 0.261 e. The Morgan fingerprint density at radius 3 is 2.53 bits per heavy atom. The fraction of sp³-hybridized carbons (Fsp3) is 0.462. The molecule has 172 valence electrons. The average molecular weight is 456 g/mol. The molecule has 0 amide bonds. The summed E-state index contributed by atoms with van der Waals surface area (Å²) in [5.74, 6) is 0. The molecule has 6 heteroatoms. The highest BCUT2D eigenvalue weighted by atomic mass is 32.2. The van der Waals surface area contributed by atoms with Crippen molar-refractivity contribution in [3.8, 4) is 0 Å². The number of sulfonamides is 1. The summed E-state index contributed by atoms with van der Waals surface area (Å²) in [4.78, 5) is 0.250. The molecular formula is C26H33NO4S. The van der Waals surface area contributed by atoms with Crippen LogP contribution in [0.25, 0.3) is 0 Å². The van der Waals surface area contributed by atoms with Gasteiger partial charge in [-0.25, -0.2) is 8.42 Å². The van der Waals surface area contributed by atoms with Crippen LogP contribution in [0.1, 0.15) is 63.0 Å². The number of ether oxygens (including phenoxy) is 2. The van der Waals surface area contributed by atoms with E-state index in [1.54, 1.807) is 19.2 Å². The van der Waals surface area contributed by atoms with Crippen molar-refractivity contribution in [2.75, 3.05) is 11.8 Å². The number of unbranched alkanes of at least 4 members (excludes halogenated alkanes) is 1. The molecule has 2 aromatic rings. The van der Waals surface area contributed by atoms with Crippen molar-refractivity contribution >= 4 is 15.7 Å². The van der Waals surface area contributed by atoms with Gasteiger partial charge in [0.15, 0.2) is 6.29 Å². The zero-order valence-electron chi connectivity index (χ0n) is 19.2. The van der Waals surface area contributed by atoms with Gasteiger partial charge in [0, 0.05) is 12.7 Å². The largest absolute Gasteiger partial charge is 0.352 e. The molecule has 4 rings (SSSR count). The second-order valence-electron chi connectivity index (χ2n) is 8.79. The van der Waals surface area contributed by atoms with Gasteiger partial charge in [-0.1, -0.05) is 55.7 Å². The Balaban J connectivity index is 1.80. The Morgan fingerprint density at radius 1 is 1.09 bits per heavy atom. The summed E-state index contributed by atoms with van der Waals surface area (Å²) >= 11 is 0. The lowest BCUT2D eigenvalue weighted by Gasteiger charge is -2.35. The highest BCUT2D eigenvalue weighted by Gasteiger charge is 2.49.